The molecule has 2 aliphatic rings. The van der Waals surface area contributed by atoms with E-state index in [4.69, 9.17) is 4.74 Å². The lowest BCUT2D eigenvalue weighted by atomic mass is 10.0. The average Bonchev–Trinajstić information content (AvgIpc) is 2.97. The Labute approximate surface area is 104 Å². The van der Waals surface area contributed by atoms with Gasteiger partial charge in [0, 0.05) is 32.3 Å². The summed E-state index contributed by atoms with van der Waals surface area (Å²) in [5.41, 5.74) is -0.351. The number of rotatable bonds is 4. The molecule has 2 atom stereocenters. The Morgan fingerprint density at radius 1 is 1.59 bits per heavy atom. The molecule has 0 radical (unpaired) electrons. The number of nitrogens with zero attached hydrogens (tertiary/aromatic N) is 2. The van der Waals surface area contributed by atoms with Gasteiger partial charge in [0.05, 0.1) is 12.2 Å². The van der Waals surface area contributed by atoms with Gasteiger partial charge < -0.3 is 4.74 Å². The van der Waals surface area contributed by atoms with Crippen LogP contribution in [0.2, 0.25) is 0 Å². The van der Waals surface area contributed by atoms with Crippen LogP contribution in [0.25, 0.3) is 0 Å². The van der Waals surface area contributed by atoms with E-state index >= 15 is 0 Å². The van der Waals surface area contributed by atoms with E-state index in [0.29, 0.717) is 12.1 Å². The Balaban J connectivity index is 1.86. The van der Waals surface area contributed by atoms with E-state index in [2.05, 4.69) is 30.1 Å². The molecule has 17 heavy (non-hydrogen) atoms. The molecule has 4 nitrogen and oxygen atoms in total. The molecule has 96 valence electrons. The summed E-state index contributed by atoms with van der Waals surface area (Å²) in [6, 6.07) is 3.00. The fourth-order valence-electron chi connectivity index (χ4n) is 2.67. The van der Waals surface area contributed by atoms with Crippen molar-refractivity contribution in [2.45, 2.75) is 50.8 Å². The van der Waals surface area contributed by atoms with Gasteiger partial charge in [-0.1, -0.05) is 0 Å². The minimum absolute atomic E-state index is 0.313. The summed E-state index contributed by atoms with van der Waals surface area (Å²) in [5, 5.41) is 12.9. The highest BCUT2D eigenvalue weighted by Crippen LogP contribution is 2.23. The highest BCUT2D eigenvalue weighted by molar-refractivity contribution is 5.13. The smallest absolute Gasteiger partial charge is 0.120 e. The zero-order valence-corrected chi connectivity index (χ0v) is 10.9. The van der Waals surface area contributed by atoms with Crippen LogP contribution in [-0.4, -0.2) is 48.8 Å². The topological polar surface area (TPSA) is 48.3 Å². The Morgan fingerprint density at radius 2 is 2.41 bits per heavy atom. The number of hydrogen-bond acceptors (Lipinski definition) is 4. The SMILES string of the molecule is CC(C)N1CCC(C#N)(NCC2CCCO2)C1. The quantitative estimate of drug-likeness (QED) is 0.796. The van der Waals surface area contributed by atoms with E-state index in [-0.39, 0.29) is 5.54 Å². The van der Waals surface area contributed by atoms with E-state index in [1.807, 2.05) is 0 Å². The van der Waals surface area contributed by atoms with Crippen molar-refractivity contribution in [3.63, 3.8) is 0 Å². The van der Waals surface area contributed by atoms with Crippen LogP contribution in [0.3, 0.4) is 0 Å². The molecule has 2 rings (SSSR count). The van der Waals surface area contributed by atoms with Crippen LogP contribution in [0, 0.1) is 11.3 Å². The molecule has 1 N–H and O–H groups in total. The summed E-state index contributed by atoms with van der Waals surface area (Å²) in [6.07, 6.45) is 3.52. The number of hydrogen-bond donors (Lipinski definition) is 1. The Bertz CT molecular complexity index is 294. The van der Waals surface area contributed by atoms with E-state index in [9.17, 15) is 5.26 Å². The summed E-state index contributed by atoms with van der Waals surface area (Å²) in [4.78, 5) is 2.37. The molecule has 4 heteroatoms. The Morgan fingerprint density at radius 3 is 2.94 bits per heavy atom. The van der Waals surface area contributed by atoms with Crippen LogP contribution in [0.4, 0.5) is 0 Å². The second-order valence-corrected chi connectivity index (χ2v) is 5.52. The third-order valence-electron chi connectivity index (χ3n) is 3.94. The van der Waals surface area contributed by atoms with Gasteiger partial charge in [-0.2, -0.15) is 5.26 Å². The molecule has 2 heterocycles. The Hall–Kier alpha value is -0.630. The van der Waals surface area contributed by atoms with Crippen molar-refractivity contribution >= 4 is 0 Å². The molecule has 0 aromatic rings. The summed E-state index contributed by atoms with van der Waals surface area (Å²) in [7, 11) is 0. The van der Waals surface area contributed by atoms with Crippen LogP contribution in [0.1, 0.15) is 33.1 Å². The first kappa shape index (κ1) is 12.8. The second kappa shape index (κ2) is 5.34. The molecule has 2 saturated heterocycles. The van der Waals surface area contributed by atoms with Crippen molar-refractivity contribution in [2.24, 2.45) is 0 Å². The molecule has 0 spiro atoms. The third-order valence-corrected chi connectivity index (χ3v) is 3.94. The van der Waals surface area contributed by atoms with Crippen molar-refractivity contribution in [3.8, 4) is 6.07 Å². The highest BCUT2D eigenvalue weighted by Gasteiger charge is 2.39. The van der Waals surface area contributed by atoms with Gasteiger partial charge in [0.1, 0.15) is 5.54 Å². The standard InChI is InChI=1S/C13H23N3O/c1-11(2)16-6-5-13(9-14,10-16)15-8-12-4-3-7-17-12/h11-12,15H,3-8,10H2,1-2H3. The first-order valence-electron chi connectivity index (χ1n) is 6.67. The number of nitrogens with one attached hydrogen (secondary N) is 1. The van der Waals surface area contributed by atoms with Crippen LogP contribution < -0.4 is 5.32 Å². The van der Waals surface area contributed by atoms with Crippen LogP contribution in [-0.2, 0) is 4.74 Å². The minimum Gasteiger partial charge on any atom is -0.377 e. The van der Waals surface area contributed by atoms with Crippen molar-refractivity contribution in [3.05, 3.63) is 0 Å². The molecule has 0 aromatic carbocycles. The summed E-state index contributed by atoms with van der Waals surface area (Å²) >= 11 is 0. The molecule has 2 unspecified atom stereocenters. The molecule has 0 aliphatic carbocycles. The van der Waals surface area contributed by atoms with E-state index in [1.165, 1.54) is 0 Å². The van der Waals surface area contributed by atoms with Crippen molar-refractivity contribution in [2.75, 3.05) is 26.2 Å². The number of ether oxygens (including phenoxy) is 1. The van der Waals surface area contributed by atoms with Crippen molar-refractivity contribution < 1.29 is 4.74 Å². The fourth-order valence-corrected chi connectivity index (χ4v) is 2.67. The summed E-state index contributed by atoms with van der Waals surface area (Å²) in [5.74, 6) is 0. The predicted molar refractivity (Wildman–Crippen MR) is 66.6 cm³/mol. The fraction of sp³-hybridized carbons (Fsp3) is 0.923. The first-order chi connectivity index (χ1) is 8.15. The van der Waals surface area contributed by atoms with Crippen LogP contribution >= 0.6 is 0 Å². The highest BCUT2D eigenvalue weighted by atomic mass is 16.5. The van der Waals surface area contributed by atoms with Crippen LogP contribution in [0.15, 0.2) is 0 Å². The lowest BCUT2D eigenvalue weighted by Gasteiger charge is -2.26. The normalized spacial score (nSPS) is 34.4. The van der Waals surface area contributed by atoms with Gasteiger partial charge in [0.15, 0.2) is 0 Å². The Kier molecular flexibility index (Phi) is 4.03. The van der Waals surface area contributed by atoms with Crippen molar-refractivity contribution in [1.82, 2.24) is 10.2 Å². The molecule has 2 fully saturated rings. The average molecular weight is 237 g/mol. The molecule has 0 amide bonds. The lowest BCUT2D eigenvalue weighted by molar-refractivity contribution is 0.104. The lowest BCUT2D eigenvalue weighted by Crippen LogP contribution is -2.49. The van der Waals surface area contributed by atoms with E-state index < -0.39 is 0 Å². The monoisotopic (exact) mass is 237 g/mol. The van der Waals surface area contributed by atoms with Gasteiger partial charge in [-0.3, -0.25) is 10.2 Å². The largest absolute Gasteiger partial charge is 0.377 e. The molecular weight excluding hydrogens is 214 g/mol. The molecule has 0 bridgehead atoms. The summed E-state index contributed by atoms with van der Waals surface area (Å²) < 4.78 is 5.59. The van der Waals surface area contributed by atoms with Gasteiger partial charge in [-0.05, 0) is 33.1 Å². The zero-order valence-electron chi connectivity index (χ0n) is 10.9. The second-order valence-electron chi connectivity index (χ2n) is 5.52. The van der Waals surface area contributed by atoms with Gasteiger partial charge in [0.25, 0.3) is 0 Å². The van der Waals surface area contributed by atoms with Crippen molar-refractivity contribution in [1.29, 1.82) is 5.26 Å². The third kappa shape index (κ3) is 2.98. The maximum absolute atomic E-state index is 9.41. The van der Waals surface area contributed by atoms with E-state index in [1.54, 1.807) is 0 Å². The molecular formula is C13H23N3O. The molecule has 2 aliphatic heterocycles. The maximum Gasteiger partial charge on any atom is 0.120 e. The van der Waals surface area contributed by atoms with Crippen LogP contribution in [0.5, 0.6) is 0 Å². The first-order valence-corrected chi connectivity index (χ1v) is 6.67. The molecule has 0 aromatic heterocycles. The number of nitriles is 1. The van der Waals surface area contributed by atoms with Gasteiger partial charge in [-0.15, -0.1) is 0 Å². The van der Waals surface area contributed by atoms with E-state index in [0.717, 1.165) is 45.5 Å². The summed E-state index contributed by atoms with van der Waals surface area (Å²) in [6.45, 7) is 7.93. The predicted octanol–water partition coefficient (Wildman–Crippen LogP) is 1.13. The minimum atomic E-state index is -0.351. The maximum atomic E-state index is 9.41. The number of likely N-dealkylation sites (tertiary alicyclic amines) is 1. The van der Waals surface area contributed by atoms with Gasteiger partial charge in [-0.25, -0.2) is 0 Å². The molecule has 0 saturated carbocycles. The van der Waals surface area contributed by atoms with Gasteiger partial charge in [0.2, 0.25) is 0 Å². The zero-order chi connectivity index (χ0) is 12.3. The van der Waals surface area contributed by atoms with Gasteiger partial charge >= 0.3 is 0 Å².